The molecule has 0 aliphatic heterocycles. The lowest BCUT2D eigenvalue weighted by atomic mass is 9.87. The Bertz CT molecular complexity index is 624. The van der Waals surface area contributed by atoms with Crippen molar-refractivity contribution in [2.45, 2.75) is 32.0 Å². The van der Waals surface area contributed by atoms with Crippen LogP contribution in [-0.2, 0) is 6.42 Å². The first-order valence-corrected chi connectivity index (χ1v) is 6.84. The van der Waals surface area contributed by atoms with Crippen LogP contribution in [0.5, 0.6) is 5.75 Å². The van der Waals surface area contributed by atoms with Gasteiger partial charge in [-0.3, -0.25) is 0 Å². The van der Waals surface area contributed by atoms with Crippen molar-refractivity contribution in [3.05, 3.63) is 65.0 Å². The first kappa shape index (κ1) is 13.1. The number of fused-ring (bicyclic) bond motifs is 1. The standard InChI is InChI=1S/C17H17FO2/c1-11-6-8-13(10-15(11)18)20-16-9-7-12-4-2-3-5-14(12)17(16)19/h2-6,8,10,16-17,19H,7,9H2,1H3. The van der Waals surface area contributed by atoms with Crippen molar-refractivity contribution < 1.29 is 14.2 Å². The summed E-state index contributed by atoms with van der Waals surface area (Å²) in [5.74, 6) is 0.185. The number of rotatable bonds is 2. The van der Waals surface area contributed by atoms with Gasteiger partial charge in [0.05, 0.1) is 0 Å². The Labute approximate surface area is 117 Å². The highest BCUT2D eigenvalue weighted by molar-refractivity contribution is 5.33. The van der Waals surface area contributed by atoms with Crippen LogP contribution >= 0.6 is 0 Å². The molecule has 0 aromatic heterocycles. The minimum atomic E-state index is -0.663. The zero-order valence-corrected chi connectivity index (χ0v) is 11.3. The van der Waals surface area contributed by atoms with Gasteiger partial charge in [-0.05, 0) is 42.5 Å². The molecule has 0 fully saturated rings. The van der Waals surface area contributed by atoms with E-state index < -0.39 is 6.10 Å². The van der Waals surface area contributed by atoms with E-state index in [0.29, 0.717) is 11.3 Å². The van der Waals surface area contributed by atoms with Gasteiger partial charge in [0, 0.05) is 6.07 Å². The second kappa shape index (κ2) is 5.25. The van der Waals surface area contributed by atoms with E-state index in [4.69, 9.17) is 4.74 Å². The van der Waals surface area contributed by atoms with Crippen LogP contribution < -0.4 is 4.74 Å². The van der Waals surface area contributed by atoms with Gasteiger partial charge in [-0.25, -0.2) is 4.39 Å². The highest BCUT2D eigenvalue weighted by atomic mass is 19.1. The fourth-order valence-corrected chi connectivity index (χ4v) is 2.65. The van der Waals surface area contributed by atoms with Crippen LogP contribution in [0, 0.1) is 12.7 Å². The van der Waals surface area contributed by atoms with E-state index in [9.17, 15) is 9.50 Å². The summed E-state index contributed by atoms with van der Waals surface area (Å²) < 4.78 is 19.3. The van der Waals surface area contributed by atoms with Gasteiger partial charge < -0.3 is 9.84 Å². The number of benzene rings is 2. The molecule has 2 atom stereocenters. The quantitative estimate of drug-likeness (QED) is 0.905. The van der Waals surface area contributed by atoms with E-state index in [1.165, 1.54) is 6.07 Å². The molecule has 1 N–H and O–H groups in total. The Kier molecular flexibility index (Phi) is 3.45. The summed E-state index contributed by atoms with van der Waals surface area (Å²) in [4.78, 5) is 0. The Hall–Kier alpha value is -1.87. The van der Waals surface area contributed by atoms with Crippen molar-refractivity contribution in [1.82, 2.24) is 0 Å². The summed E-state index contributed by atoms with van der Waals surface area (Å²) in [5, 5.41) is 10.4. The van der Waals surface area contributed by atoms with Crippen LogP contribution in [0.1, 0.15) is 29.2 Å². The third-order valence-electron chi connectivity index (χ3n) is 3.85. The molecule has 104 valence electrons. The van der Waals surface area contributed by atoms with Gasteiger partial charge in [0.15, 0.2) is 0 Å². The predicted molar refractivity (Wildman–Crippen MR) is 75.3 cm³/mol. The van der Waals surface area contributed by atoms with Crippen LogP contribution in [-0.4, -0.2) is 11.2 Å². The summed E-state index contributed by atoms with van der Waals surface area (Å²) in [7, 11) is 0. The van der Waals surface area contributed by atoms with E-state index >= 15 is 0 Å². The van der Waals surface area contributed by atoms with Gasteiger partial charge in [0.2, 0.25) is 0 Å². The highest BCUT2D eigenvalue weighted by Crippen LogP contribution is 2.32. The fraction of sp³-hybridized carbons (Fsp3) is 0.294. The zero-order valence-electron chi connectivity index (χ0n) is 11.3. The van der Waals surface area contributed by atoms with Crippen LogP contribution in [0.4, 0.5) is 4.39 Å². The van der Waals surface area contributed by atoms with Crippen molar-refractivity contribution in [2.24, 2.45) is 0 Å². The molecule has 0 saturated carbocycles. The number of hydrogen-bond acceptors (Lipinski definition) is 2. The van der Waals surface area contributed by atoms with Crippen molar-refractivity contribution in [2.75, 3.05) is 0 Å². The minimum absolute atomic E-state index is 0.284. The molecular weight excluding hydrogens is 255 g/mol. The summed E-state index contributed by atoms with van der Waals surface area (Å²) in [6, 6.07) is 12.6. The number of halogens is 1. The van der Waals surface area contributed by atoms with Crippen LogP contribution in [0.25, 0.3) is 0 Å². The Morgan fingerprint density at radius 3 is 2.80 bits per heavy atom. The molecule has 3 heteroatoms. The third-order valence-corrected chi connectivity index (χ3v) is 3.85. The topological polar surface area (TPSA) is 29.5 Å². The monoisotopic (exact) mass is 272 g/mol. The smallest absolute Gasteiger partial charge is 0.129 e. The maximum Gasteiger partial charge on any atom is 0.129 e. The number of aryl methyl sites for hydroxylation is 2. The molecule has 1 aliphatic carbocycles. The van der Waals surface area contributed by atoms with E-state index in [0.717, 1.165) is 24.0 Å². The van der Waals surface area contributed by atoms with Gasteiger partial charge in [-0.15, -0.1) is 0 Å². The average Bonchev–Trinajstić information content (AvgIpc) is 2.46. The number of aliphatic hydroxyl groups is 1. The minimum Gasteiger partial charge on any atom is -0.487 e. The molecule has 2 aromatic carbocycles. The molecule has 20 heavy (non-hydrogen) atoms. The third kappa shape index (κ3) is 2.41. The molecule has 0 bridgehead atoms. The number of hydrogen-bond donors (Lipinski definition) is 1. The van der Waals surface area contributed by atoms with E-state index in [-0.39, 0.29) is 11.9 Å². The van der Waals surface area contributed by atoms with Gasteiger partial charge in [-0.2, -0.15) is 0 Å². The molecule has 0 spiro atoms. The van der Waals surface area contributed by atoms with Crippen LogP contribution in [0.15, 0.2) is 42.5 Å². The molecule has 2 aromatic rings. The van der Waals surface area contributed by atoms with E-state index in [2.05, 4.69) is 0 Å². The first-order valence-electron chi connectivity index (χ1n) is 6.84. The van der Waals surface area contributed by atoms with Crippen LogP contribution in [0.2, 0.25) is 0 Å². The number of aliphatic hydroxyl groups excluding tert-OH is 1. The predicted octanol–water partition coefficient (Wildman–Crippen LogP) is 3.56. The maximum atomic E-state index is 13.5. The zero-order chi connectivity index (χ0) is 14.1. The summed E-state index contributed by atoms with van der Waals surface area (Å²) in [5.41, 5.74) is 2.66. The molecule has 3 rings (SSSR count). The van der Waals surface area contributed by atoms with Gasteiger partial charge in [-0.1, -0.05) is 30.3 Å². The molecule has 2 nitrogen and oxygen atoms in total. The van der Waals surface area contributed by atoms with Crippen molar-refractivity contribution in [3.8, 4) is 5.75 Å². The molecule has 0 heterocycles. The molecule has 0 radical (unpaired) electrons. The Morgan fingerprint density at radius 2 is 2.00 bits per heavy atom. The van der Waals surface area contributed by atoms with Gasteiger partial charge in [0.25, 0.3) is 0 Å². The molecule has 0 amide bonds. The van der Waals surface area contributed by atoms with Crippen molar-refractivity contribution >= 4 is 0 Å². The lowest BCUT2D eigenvalue weighted by Gasteiger charge is -2.30. The Morgan fingerprint density at radius 1 is 1.20 bits per heavy atom. The van der Waals surface area contributed by atoms with E-state index in [1.54, 1.807) is 19.1 Å². The normalized spacial score (nSPS) is 21.4. The summed E-state index contributed by atoms with van der Waals surface area (Å²) >= 11 is 0. The molecule has 0 saturated heterocycles. The summed E-state index contributed by atoms with van der Waals surface area (Å²) in [6.07, 6.45) is 0.608. The molecule has 1 aliphatic rings. The highest BCUT2D eigenvalue weighted by Gasteiger charge is 2.29. The van der Waals surface area contributed by atoms with Gasteiger partial charge >= 0.3 is 0 Å². The lowest BCUT2D eigenvalue weighted by molar-refractivity contribution is 0.0229. The van der Waals surface area contributed by atoms with E-state index in [1.807, 2.05) is 24.3 Å². The largest absolute Gasteiger partial charge is 0.487 e. The lowest BCUT2D eigenvalue weighted by Crippen LogP contribution is -2.30. The summed E-state index contributed by atoms with van der Waals surface area (Å²) in [6.45, 7) is 1.71. The average molecular weight is 272 g/mol. The second-order valence-corrected chi connectivity index (χ2v) is 5.25. The molecular formula is C17H17FO2. The van der Waals surface area contributed by atoms with Gasteiger partial charge in [0.1, 0.15) is 23.8 Å². The molecule has 2 unspecified atom stereocenters. The van der Waals surface area contributed by atoms with Crippen molar-refractivity contribution in [3.63, 3.8) is 0 Å². The fourth-order valence-electron chi connectivity index (χ4n) is 2.65. The van der Waals surface area contributed by atoms with Crippen LogP contribution in [0.3, 0.4) is 0 Å². The Balaban J connectivity index is 1.81. The second-order valence-electron chi connectivity index (χ2n) is 5.25. The number of ether oxygens (including phenoxy) is 1. The SMILES string of the molecule is Cc1ccc(OC2CCc3ccccc3C2O)cc1F. The van der Waals surface area contributed by atoms with Crippen molar-refractivity contribution in [1.29, 1.82) is 0 Å². The maximum absolute atomic E-state index is 13.5. The first-order chi connectivity index (χ1) is 9.65.